The van der Waals surface area contributed by atoms with Crippen LogP contribution in [-0.2, 0) is 11.3 Å². The highest BCUT2D eigenvalue weighted by molar-refractivity contribution is 5.78. The number of anilines is 1. The highest BCUT2D eigenvalue weighted by atomic mass is 19.1. The molecule has 2 N–H and O–H groups in total. The number of fused-ring (bicyclic) bond motifs is 1. The summed E-state index contributed by atoms with van der Waals surface area (Å²) in [6, 6.07) is 4.97. The maximum absolute atomic E-state index is 13.6. The van der Waals surface area contributed by atoms with E-state index >= 15 is 0 Å². The van der Waals surface area contributed by atoms with Crippen LogP contribution in [0.4, 0.5) is 10.3 Å². The molecule has 0 atom stereocenters. The second kappa shape index (κ2) is 4.57. The van der Waals surface area contributed by atoms with E-state index in [2.05, 4.69) is 4.98 Å². The molecule has 5 heteroatoms. The van der Waals surface area contributed by atoms with Gasteiger partial charge in [-0.2, -0.15) is 0 Å². The molecule has 1 aliphatic heterocycles. The Labute approximate surface area is 105 Å². The van der Waals surface area contributed by atoms with E-state index in [1.165, 1.54) is 6.07 Å². The molecule has 0 saturated carbocycles. The van der Waals surface area contributed by atoms with E-state index < -0.39 is 0 Å². The van der Waals surface area contributed by atoms with Crippen LogP contribution in [0.15, 0.2) is 18.2 Å². The molecule has 1 aromatic carbocycles. The average Bonchev–Trinajstić information content (AvgIpc) is 2.70. The summed E-state index contributed by atoms with van der Waals surface area (Å²) in [5.74, 6) is 0.605. The van der Waals surface area contributed by atoms with Gasteiger partial charge < -0.3 is 15.0 Å². The zero-order chi connectivity index (χ0) is 12.5. The maximum Gasteiger partial charge on any atom is 0.201 e. The molecule has 0 spiro atoms. The molecule has 1 aliphatic rings. The predicted molar refractivity (Wildman–Crippen MR) is 67.6 cm³/mol. The van der Waals surface area contributed by atoms with Gasteiger partial charge in [-0.1, -0.05) is 6.07 Å². The van der Waals surface area contributed by atoms with Crippen molar-refractivity contribution in [2.45, 2.75) is 19.4 Å². The summed E-state index contributed by atoms with van der Waals surface area (Å²) >= 11 is 0. The zero-order valence-electron chi connectivity index (χ0n) is 10.1. The highest BCUT2D eigenvalue weighted by Gasteiger charge is 2.18. The minimum Gasteiger partial charge on any atom is -0.381 e. The number of nitrogens with zero attached hydrogens (tertiary/aromatic N) is 2. The van der Waals surface area contributed by atoms with Gasteiger partial charge in [0.1, 0.15) is 5.52 Å². The molecule has 1 fully saturated rings. The van der Waals surface area contributed by atoms with Gasteiger partial charge in [-0.25, -0.2) is 9.37 Å². The normalized spacial score (nSPS) is 17.4. The van der Waals surface area contributed by atoms with Crippen LogP contribution in [0.5, 0.6) is 0 Å². The molecule has 0 aliphatic carbocycles. The molecule has 2 heterocycles. The summed E-state index contributed by atoms with van der Waals surface area (Å²) < 4.78 is 20.9. The van der Waals surface area contributed by atoms with Crippen LogP contribution in [0.1, 0.15) is 12.8 Å². The number of rotatable bonds is 2. The number of benzene rings is 1. The number of ether oxygens (including phenoxy) is 1. The van der Waals surface area contributed by atoms with Gasteiger partial charge in [0.05, 0.1) is 5.52 Å². The van der Waals surface area contributed by atoms with Crippen LogP contribution in [0.3, 0.4) is 0 Å². The van der Waals surface area contributed by atoms with Gasteiger partial charge in [0.15, 0.2) is 5.82 Å². The Kier molecular flexibility index (Phi) is 2.91. The fourth-order valence-corrected chi connectivity index (χ4v) is 2.51. The third kappa shape index (κ3) is 1.95. The molecule has 18 heavy (non-hydrogen) atoms. The third-order valence-corrected chi connectivity index (χ3v) is 3.54. The maximum atomic E-state index is 13.6. The number of imidazole rings is 1. The number of aromatic nitrogens is 2. The van der Waals surface area contributed by atoms with E-state index in [4.69, 9.17) is 10.5 Å². The molecule has 0 radical (unpaired) electrons. The Morgan fingerprint density at radius 3 is 2.94 bits per heavy atom. The van der Waals surface area contributed by atoms with Crippen molar-refractivity contribution in [3.05, 3.63) is 24.0 Å². The summed E-state index contributed by atoms with van der Waals surface area (Å²) in [7, 11) is 0. The number of nitrogen functional groups attached to an aromatic ring is 1. The number of hydrogen-bond donors (Lipinski definition) is 1. The van der Waals surface area contributed by atoms with E-state index in [1.807, 2.05) is 10.6 Å². The standard InChI is InChI=1S/C13H16FN3O/c14-10-2-1-3-11-12(10)16-13(15)17(11)8-9-4-6-18-7-5-9/h1-3,9H,4-8H2,(H2,15,16). The Bertz CT molecular complexity index is 561. The molecular weight excluding hydrogens is 233 g/mol. The van der Waals surface area contributed by atoms with Crippen molar-refractivity contribution in [1.82, 2.24) is 9.55 Å². The van der Waals surface area contributed by atoms with Crippen LogP contribution >= 0.6 is 0 Å². The Morgan fingerprint density at radius 2 is 2.17 bits per heavy atom. The van der Waals surface area contributed by atoms with Crippen molar-refractivity contribution >= 4 is 17.0 Å². The lowest BCUT2D eigenvalue weighted by molar-refractivity contribution is 0.0617. The van der Waals surface area contributed by atoms with Crippen LogP contribution in [-0.4, -0.2) is 22.8 Å². The zero-order valence-corrected chi connectivity index (χ0v) is 10.1. The first-order valence-corrected chi connectivity index (χ1v) is 6.23. The van der Waals surface area contributed by atoms with Crippen LogP contribution < -0.4 is 5.73 Å². The first kappa shape index (κ1) is 11.5. The Balaban J connectivity index is 1.95. The van der Waals surface area contributed by atoms with Crippen molar-refractivity contribution < 1.29 is 9.13 Å². The molecule has 0 unspecified atom stereocenters. The van der Waals surface area contributed by atoms with E-state index in [0.717, 1.165) is 38.1 Å². The van der Waals surface area contributed by atoms with E-state index in [9.17, 15) is 4.39 Å². The SMILES string of the molecule is Nc1nc2c(F)cccc2n1CC1CCOCC1. The predicted octanol–water partition coefficient (Wildman–Crippen LogP) is 2.18. The number of halogens is 1. The smallest absolute Gasteiger partial charge is 0.201 e. The molecule has 3 rings (SSSR count). The van der Waals surface area contributed by atoms with Crippen molar-refractivity contribution in [3.8, 4) is 0 Å². The molecule has 2 aromatic rings. The van der Waals surface area contributed by atoms with Gasteiger partial charge in [0, 0.05) is 19.8 Å². The molecule has 4 nitrogen and oxygen atoms in total. The second-order valence-corrected chi connectivity index (χ2v) is 4.74. The van der Waals surface area contributed by atoms with Crippen LogP contribution in [0.25, 0.3) is 11.0 Å². The average molecular weight is 249 g/mol. The first-order chi connectivity index (χ1) is 8.75. The molecule has 1 aromatic heterocycles. The lowest BCUT2D eigenvalue weighted by atomic mass is 10.0. The number of hydrogen-bond acceptors (Lipinski definition) is 3. The third-order valence-electron chi connectivity index (χ3n) is 3.54. The van der Waals surface area contributed by atoms with Crippen LogP contribution in [0, 0.1) is 11.7 Å². The minimum absolute atomic E-state index is 0.315. The molecule has 0 bridgehead atoms. The summed E-state index contributed by atoms with van der Waals surface area (Å²) in [4.78, 5) is 4.11. The van der Waals surface area contributed by atoms with E-state index in [-0.39, 0.29) is 5.82 Å². The van der Waals surface area contributed by atoms with E-state index in [1.54, 1.807) is 6.07 Å². The van der Waals surface area contributed by atoms with Gasteiger partial charge in [-0.3, -0.25) is 0 Å². The molecular formula is C13H16FN3O. The topological polar surface area (TPSA) is 53.1 Å². The number of nitrogens with two attached hydrogens (primary N) is 1. The van der Waals surface area contributed by atoms with Gasteiger partial charge in [-0.05, 0) is 30.9 Å². The first-order valence-electron chi connectivity index (χ1n) is 6.23. The van der Waals surface area contributed by atoms with E-state index in [0.29, 0.717) is 17.4 Å². The van der Waals surface area contributed by atoms with Gasteiger partial charge >= 0.3 is 0 Å². The van der Waals surface area contributed by atoms with Crippen LogP contribution in [0.2, 0.25) is 0 Å². The largest absolute Gasteiger partial charge is 0.381 e. The van der Waals surface area contributed by atoms with Crippen molar-refractivity contribution in [2.75, 3.05) is 18.9 Å². The summed E-state index contributed by atoms with van der Waals surface area (Å²) in [5.41, 5.74) is 7.03. The molecule has 1 saturated heterocycles. The monoisotopic (exact) mass is 249 g/mol. The lowest BCUT2D eigenvalue weighted by Gasteiger charge is -2.22. The van der Waals surface area contributed by atoms with Crippen molar-refractivity contribution in [2.24, 2.45) is 5.92 Å². The lowest BCUT2D eigenvalue weighted by Crippen LogP contribution is -2.21. The summed E-state index contributed by atoms with van der Waals surface area (Å²) in [6.07, 6.45) is 2.04. The highest BCUT2D eigenvalue weighted by Crippen LogP contribution is 2.24. The molecule has 0 amide bonds. The quantitative estimate of drug-likeness (QED) is 0.887. The Morgan fingerprint density at radius 1 is 1.39 bits per heavy atom. The Hall–Kier alpha value is -1.62. The van der Waals surface area contributed by atoms with Crippen molar-refractivity contribution in [3.63, 3.8) is 0 Å². The molecule has 96 valence electrons. The van der Waals surface area contributed by atoms with Gasteiger partial charge in [0.2, 0.25) is 5.95 Å². The summed E-state index contributed by atoms with van der Waals surface area (Å²) in [5, 5.41) is 0. The fourth-order valence-electron chi connectivity index (χ4n) is 2.51. The van der Waals surface area contributed by atoms with Crippen molar-refractivity contribution in [1.29, 1.82) is 0 Å². The number of para-hydroxylation sites is 1. The van der Waals surface area contributed by atoms with Gasteiger partial charge in [0.25, 0.3) is 0 Å². The fraction of sp³-hybridized carbons (Fsp3) is 0.462. The van der Waals surface area contributed by atoms with Gasteiger partial charge in [-0.15, -0.1) is 0 Å². The summed E-state index contributed by atoms with van der Waals surface area (Å²) in [6.45, 7) is 2.38. The second-order valence-electron chi connectivity index (χ2n) is 4.74. The minimum atomic E-state index is -0.315.